The lowest BCUT2D eigenvalue weighted by Crippen LogP contribution is -2.18. The van der Waals surface area contributed by atoms with Gasteiger partial charge in [0.2, 0.25) is 5.91 Å². The topological polar surface area (TPSA) is 46.9 Å². The monoisotopic (exact) mass is 399 g/mol. The molecule has 4 rings (SSSR count). The van der Waals surface area contributed by atoms with Crippen LogP contribution in [0.25, 0.3) is 0 Å². The number of amides is 1. The number of benzene rings is 2. The van der Waals surface area contributed by atoms with Gasteiger partial charge < -0.3 is 5.32 Å². The van der Waals surface area contributed by atoms with Crippen molar-refractivity contribution in [3.63, 3.8) is 0 Å². The van der Waals surface area contributed by atoms with Gasteiger partial charge in [0.25, 0.3) is 0 Å². The smallest absolute Gasteiger partial charge is 0.229 e. The van der Waals surface area contributed by atoms with Gasteiger partial charge in [-0.25, -0.2) is 4.68 Å². The first-order chi connectivity index (χ1) is 13.1. The van der Waals surface area contributed by atoms with Gasteiger partial charge in [0.15, 0.2) is 0 Å². The van der Waals surface area contributed by atoms with E-state index in [-0.39, 0.29) is 5.91 Å². The Hall–Kier alpha value is -2.30. The second-order valence-electron chi connectivity index (χ2n) is 6.79. The summed E-state index contributed by atoms with van der Waals surface area (Å²) < 4.78 is 1.72. The van der Waals surface area contributed by atoms with Crippen molar-refractivity contribution in [3.8, 4) is 0 Å². The number of anilines is 1. The first kappa shape index (κ1) is 18.1. The van der Waals surface area contributed by atoms with Gasteiger partial charge in [-0.3, -0.25) is 4.79 Å². The molecule has 4 nitrogen and oxygen atoms in total. The summed E-state index contributed by atoms with van der Waals surface area (Å²) in [6.07, 6.45) is 5.47. The zero-order valence-corrected chi connectivity index (χ0v) is 16.2. The lowest BCUT2D eigenvalue weighted by Gasteiger charge is -2.11. The van der Waals surface area contributed by atoms with Crippen molar-refractivity contribution in [2.45, 2.75) is 32.2 Å². The number of nitrogens with one attached hydrogen (secondary N) is 1. The fraction of sp³-hybridized carbons (Fsp3) is 0.238. The number of hydrogen-bond acceptors (Lipinski definition) is 2. The average molecular weight is 400 g/mol. The van der Waals surface area contributed by atoms with Crippen LogP contribution in [0.3, 0.4) is 0 Å². The number of carbonyl (C=O) groups excluding carboxylic acids is 1. The van der Waals surface area contributed by atoms with Crippen molar-refractivity contribution in [2.75, 3.05) is 5.32 Å². The largest absolute Gasteiger partial charge is 0.311 e. The first-order valence-corrected chi connectivity index (χ1v) is 9.70. The van der Waals surface area contributed by atoms with Crippen LogP contribution in [0.1, 0.15) is 28.7 Å². The molecule has 1 amide bonds. The van der Waals surface area contributed by atoms with Gasteiger partial charge in [-0.15, -0.1) is 0 Å². The maximum Gasteiger partial charge on any atom is 0.229 e. The van der Waals surface area contributed by atoms with Gasteiger partial charge in [-0.1, -0.05) is 47.5 Å². The Morgan fingerprint density at radius 2 is 1.93 bits per heavy atom. The summed E-state index contributed by atoms with van der Waals surface area (Å²) >= 11 is 12.2. The van der Waals surface area contributed by atoms with Crippen LogP contribution in [0.4, 0.5) is 5.82 Å². The molecule has 0 atom stereocenters. The SMILES string of the molecule is O=C(Cc1ccc2c(c1)CCC2)Nc1ccnn1Cc1ccc(Cl)cc1Cl. The number of aromatic nitrogens is 2. The highest BCUT2D eigenvalue weighted by Gasteiger charge is 2.14. The summed E-state index contributed by atoms with van der Waals surface area (Å²) in [5, 5.41) is 8.41. The maximum atomic E-state index is 12.5. The van der Waals surface area contributed by atoms with Crippen LogP contribution < -0.4 is 5.32 Å². The summed E-state index contributed by atoms with van der Waals surface area (Å²) in [6.45, 7) is 0.456. The van der Waals surface area contributed by atoms with Crippen molar-refractivity contribution in [1.82, 2.24) is 9.78 Å². The molecular formula is C21H19Cl2N3O. The van der Waals surface area contributed by atoms with Crippen LogP contribution in [0.2, 0.25) is 10.0 Å². The van der Waals surface area contributed by atoms with Gasteiger partial charge >= 0.3 is 0 Å². The quantitative estimate of drug-likeness (QED) is 0.662. The molecule has 6 heteroatoms. The molecule has 1 aliphatic carbocycles. The first-order valence-electron chi connectivity index (χ1n) is 8.95. The number of aryl methyl sites for hydroxylation is 2. The molecule has 27 heavy (non-hydrogen) atoms. The van der Waals surface area contributed by atoms with E-state index in [0.717, 1.165) is 24.0 Å². The molecule has 0 fully saturated rings. The third-order valence-corrected chi connectivity index (χ3v) is 5.43. The van der Waals surface area contributed by atoms with Crippen molar-refractivity contribution in [1.29, 1.82) is 0 Å². The lowest BCUT2D eigenvalue weighted by atomic mass is 10.0. The van der Waals surface area contributed by atoms with Crippen molar-refractivity contribution in [3.05, 3.63) is 81.0 Å². The van der Waals surface area contributed by atoms with Crippen LogP contribution in [-0.4, -0.2) is 15.7 Å². The number of hydrogen-bond donors (Lipinski definition) is 1. The van der Waals surface area contributed by atoms with E-state index in [0.29, 0.717) is 28.8 Å². The predicted octanol–water partition coefficient (Wildman–Crippen LogP) is 4.91. The molecule has 0 unspecified atom stereocenters. The van der Waals surface area contributed by atoms with E-state index in [1.807, 2.05) is 6.07 Å². The van der Waals surface area contributed by atoms with E-state index in [1.54, 1.807) is 29.1 Å². The van der Waals surface area contributed by atoms with Crippen LogP contribution in [0, 0.1) is 0 Å². The van der Waals surface area contributed by atoms with Crippen LogP contribution >= 0.6 is 23.2 Å². The van der Waals surface area contributed by atoms with E-state index < -0.39 is 0 Å². The Bertz CT molecular complexity index is 997. The van der Waals surface area contributed by atoms with Crippen LogP contribution in [0.15, 0.2) is 48.7 Å². The molecule has 0 radical (unpaired) electrons. The minimum atomic E-state index is -0.0584. The highest BCUT2D eigenvalue weighted by molar-refractivity contribution is 6.35. The van der Waals surface area contributed by atoms with Crippen LogP contribution in [0.5, 0.6) is 0 Å². The molecule has 1 heterocycles. The zero-order valence-electron chi connectivity index (χ0n) is 14.7. The second-order valence-corrected chi connectivity index (χ2v) is 7.64. The maximum absolute atomic E-state index is 12.5. The standard InChI is InChI=1S/C21H19Cl2N3O/c22-18-7-6-17(19(23)12-18)13-26-20(8-9-24-26)25-21(27)11-14-4-5-15-2-1-3-16(15)10-14/h4-10,12H,1-3,11,13H2,(H,25,27). The van der Waals surface area contributed by atoms with E-state index in [4.69, 9.17) is 23.2 Å². The summed E-state index contributed by atoms with van der Waals surface area (Å²) in [4.78, 5) is 12.5. The summed E-state index contributed by atoms with van der Waals surface area (Å²) in [5.41, 5.74) is 4.72. The Morgan fingerprint density at radius 1 is 1.07 bits per heavy atom. The molecule has 1 aromatic heterocycles. The molecule has 0 saturated carbocycles. The van der Waals surface area contributed by atoms with Gasteiger partial charge in [-0.2, -0.15) is 5.10 Å². The molecule has 0 aliphatic heterocycles. The van der Waals surface area contributed by atoms with E-state index in [2.05, 4.69) is 28.6 Å². The minimum Gasteiger partial charge on any atom is -0.311 e. The Labute approximate surface area is 168 Å². The minimum absolute atomic E-state index is 0.0584. The molecule has 3 aromatic rings. The average Bonchev–Trinajstić information content (AvgIpc) is 3.26. The van der Waals surface area contributed by atoms with E-state index in [1.165, 1.54) is 17.5 Å². The molecule has 2 aromatic carbocycles. The second kappa shape index (κ2) is 7.75. The molecule has 0 spiro atoms. The van der Waals surface area contributed by atoms with Crippen molar-refractivity contribution >= 4 is 34.9 Å². The lowest BCUT2D eigenvalue weighted by molar-refractivity contribution is -0.115. The number of carbonyl (C=O) groups is 1. The van der Waals surface area contributed by atoms with Gasteiger partial charge in [-0.05, 0) is 53.6 Å². The summed E-state index contributed by atoms with van der Waals surface area (Å²) in [5.74, 6) is 0.587. The molecule has 0 saturated heterocycles. The number of fused-ring (bicyclic) bond motifs is 1. The van der Waals surface area contributed by atoms with Crippen molar-refractivity contribution < 1.29 is 4.79 Å². The molecule has 0 bridgehead atoms. The fourth-order valence-electron chi connectivity index (χ4n) is 3.48. The third-order valence-electron chi connectivity index (χ3n) is 4.85. The van der Waals surface area contributed by atoms with E-state index in [9.17, 15) is 4.79 Å². The number of nitrogens with zero attached hydrogens (tertiary/aromatic N) is 2. The normalized spacial score (nSPS) is 12.8. The van der Waals surface area contributed by atoms with Gasteiger partial charge in [0.1, 0.15) is 5.82 Å². The fourth-order valence-corrected chi connectivity index (χ4v) is 3.95. The van der Waals surface area contributed by atoms with E-state index >= 15 is 0 Å². The Kier molecular flexibility index (Phi) is 5.19. The van der Waals surface area contributed by atoms with Gasteiger partial charge in [0.05, 0.1) is 19.2 Å². The highest BCUT2D eigenvalue weighted by Crippen LogP contribution is 2.24. The summed E-state index contributed by atoms with van der Waals surface area (Å²) in [7, 11) is 0. The van der Waals surface area contributed by atoms with Crippen molar-refractivity contribution in [2.24, 2.45) is 0 Å². The molecule has 1 aliphatic rings. The molecule has 1 N–H and O–H groups in total. The Balaban J connectivity index is 1.44. The zero-order chi connectivity index (χ0) is 18.8. The molecule has 138 valence electrons. The predicted molar refractivity (Wildman–Crippen MR) is 109 cm³/mol. The summed E-state index contributed by atoms with van der Waals surface area (Å²) in [6, 6.07) is 13.5. The number of halogens is 2. The number of rotatable bonds is 5. The van der Waals surface area contributed by atoms with Gasteiger partial charge in [0, 0.05) is 16.1 Å². The highest BCUT2D eigenvalue weighted by atomic mass is 35.5. The Morgan fingerprint density at radius 3 is 2.78 bits per heavy atom. The molecular weight excluding hydrogens is 381 g/mol. The third kappa shape index (κ3) is 4.18. The van der Waals surface area contributed by atoms with Crippen LogP contribution in [-0.2, 0) is 30.6 Å².